The Morgan fingerprint density at radius 3 is 2.45 bits per heavy atom. The fourth-order valence-corrected chi connectivity index (χ4v) is 4.77. The molecule has 0 atom stereocenters. The Morgan fingerprint density at radius 1 is 1.03 bits per heavy atom. The number of hydrogen-bond donors (Lipinski definition) is 1. The molecule has 6 nitrogen and oxygen atoms in total. The number of para-hydroxylation sites is 1. The molecule has 0 saturated heterocycles. The second-order valence-corrected chi connectivity index (χ2v) is 9.84. The van der Waals surface area contributed by atoms with E-state index in [2.05, 4.69) is 21.2 Å². The summed E-state index contributed by atoms with van der Waals surface area (Å²) in [5.41, 5.74) is 2.57. The van der Waals surface area contributed by atoms with Crippen LogP contribution in [0.4, 0.5) is 11.4 Å². The van der Waals surface area contributed by atoms with Crippen molar-refractivity contribution in [1.82, 2.24) is 0 Å². The van der Waals surface area contributed by atoms with Crippen LogP contribution in [-0.2, 0) is 21.2 Å². The first-order valence-electron chi connectivity index (χ1n) is 9.44. The van der Waals surface area contributed by atoms with E-state index in [1.807, 2.05) is 24.3 Å². The van der Waals surface area contributed by atoms with Crippen molar-refractivity contribution >= 4 is 54.2 Å². The highest BCUT2D eigenvalue weighted by Gasteiger charge is 2.21. The van der Waals surface area contributed by atoms with Gasteiger partial charge in [0.1, 0.15) is 5.58 Å². The summed E-state index contributed by atoms with van der Waals surface area (Å²) in [7, 11) is -2.20. The van der Waals surface area contributed by atoms with E-state index in [1.165, 1.54) is 23.5 Å². The lowest BCUT2D eigenvalue weighted by Crippen LogP contribution is -2.26. The maximum atomic E-state index is 12.9. The molecular formula is C23H19BrN2O4S. The van der Waals surface area contributed by atoms with E-state index in [9.17, 15) is 13.2 Å². The first-order valence-corrected chi connectivity index (χ1v) is 11.7. The largest absolute Gasteiger partial charge is 0.464 e. The van der Waals surface area contributed by atoms with E-state index >= 15 is 0 Å². The molecule has 8 heteroatoms. The summed E-state index contributed by atoms with van der Waals surface area (Å²) in [6.07, 6.45) is 1.71. The van der Waals surface area contributed by atoms with Gasteiger partial charge in [-0.2, -0.15) is 0 Å². The van der Waals surface area contributed by atoms with Crippen molar-refractivity contribution in [2.45, 2.75) is 11.3 Å². The lowest BCUT2D eigenvalue weighted by Gasteiger charge is -2.19. The van der Waals surface area contributed by atoms with Crippen LogP contribution in [0.1, 0.15) is 5.56 Å². The first kappa shape index (κ1) is 21.1. The van der Waals surface area contributed by atoms with Gasteiger partial charge < -0.3 is 9.73 Å². The number of carbonyl (C=O) groups is 1. The average Bonchev–Trinajstić information content (AvgIpc) is 3.15. The normalized spacial score (nSPS) is 11.4. The van der Waals surface area contributed by atoms with E-state index in [4.69, 9.17) is 4.42 Å². The molecule has 3 aromatic carbocycles. The molecule has 0 radical (unpaired) electrons. The topological polar surface area (TPSA) is 79.6 Å². The molecule has 1 aromatic heterocycles. The molecule has 1 amide bonds. The predicted molar refractivity (Wildman–Crippen MR) is 125 cm³/mol. The van der Waals surface area contributed by atoms with Crippen molar-refractivity contribution in [1.29, 1.82) is 0 Å². The SMILES string of the molecule is CN(c1ccccc1)S(=O)(=O)c1ccc(NC(=O)Cc2coc3ccc(Br)cc23)cc1. The summed E-state index contributed by atoms with van der Waals surface area (Å²) < 4.78 is 33.3. The minimum absolute atomic E-state index is 0.139. The first-order chi connectivity index (χ1) is 14.8. The van der Waals surface area contributed by atoms with E-state index < -0.39 is 10.0 Å². The number of carbonyl (C=O) groups excluding carboxylic acids is 1. The fraction of sp³-hybridized carbons (Fsp3) is 0.0870. The molecule has 0 aliphatic carbocycles. The summed E-state index contributed by atoms with van der Waals surface area (Å²) in [4.78, 5) is 12.6. The number of nitrogens with zero attached hydrogens (tertiary/aromatic N) is 1. The van der Waals surface area contributed by atoms with Crippen molar-refractivity contribution in [3.63, 3.8) is 0 Å². The molecule has 0 unspecified atom stereocenters. The van der Waals surface area contributed by atoms with Crippen LogP contribution in [0.15, 0.2) is 92.8 Å². The van der Waals surface area contributed by atoms with Crippen molar-refractivity contribution < 1.29 is 17.6 Å². The highest BCUT2D eigenvalue weighted by molar-refractivity contribution is 9.10. The van der Waals surface area contributed by atoms with Crippen molar-refractivity contribution in [2.24, 2.45) is 0 Å². The number of hydrogen-bond acceptors (Lipinski definition) is 4. The van der Waals surface area contributed by atoms with E-state index in [0.29, 0.717) is 17.0 Å². The quantitative estimate of drug-likeness (QED) is 0.396. The minimum atomic E-state index is -3.70. The molecule has 4 rings (SSSR count). The summed E-state index contributed by atoms with van der Waals surface area (Å²) in [6.45, 7) is 0. The van der Waals surface area contributed by atoms with Gasteiger partial charge in [0.2, 0.25) is 5.91 Å². The standard InChI is InChI=1S/C23H19BrN2O4S/c1-26(19-5-3-2-4-6-19)31(28,29)20-10-8-18(9-11-20)25-23(27)13-16-15-30-22-12-7-17(24)14-21(16)22/h2-12,14-15H,13H2,1H3,(H,25,27). The zero-order chi connectivity index (χ0) is 22.0. The van der Waals surface area contributed by atoms with Gasteiger partial charge in [0.25, 0.3) is 10.0 Å². The molecule has 0 spiro atoms. The molecule has 158 valence electrons. The Balaban J connectivity index is 1.46. The van der Waals surface area contributed by atoms with Crippen LogP contribution in [0.25, 0.3) is 11.0 Å². The van der Waals surface area contributed by atoms with Gasteiger partial charge in [-0.05, 0) is 54.6 Å². The zero-order valence-corrected chi connectivity index (χ0v) is 19.0. The number of sulfonamides is 1. The average molecular weight is 499 g/mol. The van der Waals surface area contributed by atoms with E-state index in [-0.39, 0.29) is 17.2 Å². The summed E-state index contributed by atoms with van der Waals surface area (Å²) in [6, 6.07) is 20.6. The van der Waals surface area contributed by atoms with Crippen LogP contribution < -0.4 is 9.62 Å². The van der Waals surface area contributed by atoms with Gasteiger partial charge in [-0.25, -0.2) is 8.42 Å². The van der Waals surface area contributed by atoms with Crippen LogP contribution in [0.2, 0.25) is 0 Å². The lowest BCUT2D eigenvalue weighted by atomic mass is 10.1. The molecule has 0 aliphatic heterocycles. The third kappa shape index (κ3) is 4.50. The number of fused-ring (bicyclic) bond motifs is 1. The molecule has 0 fully saturated rings. The molecule has 0 saturated carbocycles. The molecule has 1 N–H and O–H groups in total. The molecule has 0 bridgehead atoms. The Kier molecular flexibility index (Phi) is 5.84. The Morgan fingerprint density at radius 2 is 1.74 bits per heavy atom. The second kappa shape index (κ2) is 8.56. The van der Waals surface area contributed by atoms with Gasteiger partial charge in [-0.15, -0.1) is 0 Å². The molecule has 31 heavy (non-hydrogen) atoms. The van der Waals surface area contributed by atoms with Crippen molar-refractivity contribution in [3.05, 3.63) is 89.1 Å². The Bertz CT molecular complexity index is 1330. The number of benzene rings is 3. The summed E-state index contributed by atoms with van der Waals surface area (Å²) in [5, 5.41) is 3.67. The third-order valence-corrected chi connectivity index (χ3v) is 7.18. The summed E-state index contributed by atoms with van der Waals surface area (Å²) in [5.74, 6) is -0.223. The summed E-state index contributed by atoms with van der Waals surface area (Å²) >= 11 is 3.42. The molecular weight excluding hydrogens is 480 g/mol. The maximum Gasteiger partial charge on any atom is 0.264 e. The zero-order valence-electron chi connectivity index (χ0n) is 16.6. The molecule has 0 aliphatic rings. The van der Waals surface area contributed by atoms with E-state index in [0.717, 1.165) is 15.4 Å². The van der Waals surface area contributed by atoms with Gasteiger partial charge in [0.05, 0.1) is 23.3 Å². The maximum absolute atomic E-state index is 12.9. The highest BCUT2D eigenvalue weighted by Crippen LogP contribution is 2.26. The minimum Gasteiger partial charge on any atom is -0.464 e. The number of furan rings is 1. The van der Waals surface area contributed by atoms with Crippen LogP contribution in [-0.4, -0.2) is 21.4 Å². The monoisotopic (exact) mass is 498 g/mol. The number of nitrogens with one attached hydrogen (secondary N) is 1. The van der Waals surface area contributed by atoms with Gasteiger partial charge in [0, 0.05) is 28.2 Å². The number of rotatable bonds is 6. The second-order valence-electron chi connectivity index (χ2n) is 6.96. The van der Waals surface area contributed by atoms with Crippen molar-refractivity contribution in [2.75, 3.05) is 16.7 Å². The number of anilines is 2. The van der Waals surface area contributed by atoms with Gasteiger partial charge in [-0.1, -0.05) is 34.1 Å². The predicted octanol–water partition coefficient (Wildman–Crippen LogP) is 5.20. The lowest BCUT2D eigenvalue weighted by molar-refractivity contribution is -0.115. The van der Waals surface area contributed by atoms with Crippen LogP contribution in [0.5, 0.6) is 0 Å². The highest BCUT2D eigenvalue weighted by atomic mass is 79.9. The van der Waals surface area contributed by atoms with Crippen LogP contribution >= 0.6 is 15.9 Å². The number of halogens is 1. The van der Waals surface area contributed by atoms with Gasteiger partial charge >= 0.3 is 0 Å². The fourth-order valence-electron chi connectivity index (χ4n) is 3.21. The van der Waals surface area contributed by atoms with E-state index in [1.54, 1.807) is 42.7 Å². The Hall–Kier alpha value is -3.10. The van der Waals surface area contributed by atoms with Crippen LogP contribution in [0, 0.1) is 0 Å². The Labute approximate surface area is 188 Å². The molecule has 1 heterocycles. The van der Waals surface area contributed by atoms with Gasteiger partial charge in [0.15, 0.2) is 0 Å². The van der Waals surface area contributed by atoms with Crippen molar-refractivity contribution in [3.8, 4) is 0 Å². The third-order valence-electron chi connectivity index (χ3n) is 4.88. The van der Waals surface area contributed by atoms with Gasteiger partial charge in [-0.3, -0.25) is 9.10 Å². The molecule has 4 aromatic rings. The number of amides is 1. The van der Waals surface area contributed by atoms with Crippen LogP contribution in [0.3, 0.4) is 0 Å². The smallest absolute Gasteiger partial charge is 0.264 e.